The Balaban J connectivity index is 1.61. The quantitative estimate of drug-likeness (QED) is 0.556. The minimum Gasteiger partial charge on any atom is -0.549 e. The van der Waals surface area contributed by atoms with Crippen LogP contribution in [0.5, 0.6) is 5.75 Å². The predicted octanol–water partition coefficient (Wildman–Crippen LogP) is 2.78. The van der Waals surface area contributed by atoms with Crippen molar-refractivity contribution in [2.24, 2.45) is 11.8 Å². The third-order valence-electron chi connectivity index (χ3n) is 7.51. The van der Waals surface area contributed by atoms with Crippen molar-refractivity contribution >= 4 is 23.5 Å². The summed E-state index contributed by atoms with van der Waals surface area (Å²) in [7, 11) is 0. The van der Waals surface area contributed by atoms with Crippen LogP contribution in [0, 0.1) is 11.8 Å². The molecule has 3 aromatic carbocycles. The van der Waals surface area contributed by atoms with Crippen LogP contribution in [0.25, 0.3) is 0 Å². The monoisotopic (exact) mass is 452 g/mol. The molecule has 2 amide bonds. The van der Waals surface area contributed by atoms with Gasteiger partial charge in [0.15, 0.2) is 0 Å². The number of ether oxygens (including phenoxy) is 1. The van der Waals surface area contributed by atoms with Gasteiger partial charge < -0.3 is 14.6 Å². The Hall–Kier alpha value is -3.93. The molecule has 1 fully saturated rings. The molecule has 2 atom stereocenters. The van der Waals surface area contributed by atoms with Crippen LogP contribution in [-0.4, -0.2) is 24.4 Å². The third-order valence-corrected chi connectivity index (χ3v) is 7.51. The molecular weight excluding hydrogens is 430 g/mol. The van der Waals surface area contributed by atoms with E-state index in [0.717, 1.165) is 22.4 Å². The molecule has 34 heavy (non-hydrogen) atoms. The first-order valence-corrected chi connectivity index (χ1v) is 11.5. The average molecular weight is 452 g/mol. The molecule has 4 aliphatic rings. The number of aliphatic carboxylic acids is 1. The fourth-order valence-corrected chi connectivity index (χ4v) is 6.33. The third kappa shape index (κ3) is 2.37. The van der Waals surface area contributed by atoms with Crippen LogP contribution >= 0.6 is 0 Å². The molecule has 2 bridgehead atoms. The number of benzene rings is 3. The first kappa shape index (κ1) is 20.7. The number of carbonyl (C=O) groups excluding carboxylic acids is 3. The van der Waals surface area contributed by atoms with E-state index in [4.69, 9.17) is 4.74 Å². The first-order chi connectivity index (χ1) is 16.5. The van der Waals surface area contributed by atoms with Gasteiger partial charge in [-0.05, 0) is 40.8 Å². The molecular formula is C28H22NO5-. The van der Waals surface area contributed by atoms with Gasteiger partial charge in [0.25, 0.3) is 0 Å². The zero-order chi connectivity index (χ0) is 23.6. The number of amides is 2. The van der Waals surface area contributed by atoms with Crippen LogP contribution in [0.1, 0.15) is 41.5 Å². The van der Waals surface area contributed by atoms with Gasteiger partial charge in [-0.1, -0.05) is 67.6 Å². The maximum atomic E-state index is 14.1. The number of hydrogen-bond acceptors (Lipinski definition) is 5. The number of carboxylic acid groups (broad SMARTS) is 1. The van der Waals surface area contributed by atoms with Crippen molar-refractivity contribution in [1.82, 2.24) is 0 Å². The Morgan fingerprint density at radius 3 is 2.12 bits per heavy atom. The van der Waals surface area contributed by atoms with Crippen LogP contribution in [-0.2, 0) is 19.8 Å². The van der Waals surface area contributed by atoms with E-state index < -0.39 is 41.0 Å². The Kier molecular flexibility index (Phi) is 4.43. The van der Waals surface area contributed by atoms with Crippen molar-refractivity contribution in [3.05, 3.63) is 95.1 Å². The molecule has 3 aliphatic carbocycles. The minimum atomic E-state index is -1.74. The van der Waals surface area contributed by atoms with Gasteiger partial charge in [-0.15, -0.1) is 0 Å². The first-order valence-electron chi connectivity index (χ1n) is 11.5. The highest BCUT2D eigenvalue weighted by Gasteiger charge is 2.69. The molecule has 3 aromatic rings. The number of hydrogen-bond donors (Lipinski definition) is 0. The minimum absolute atomic E-state index is 0.348. The van der Waals surface area contributed by atoms with Gasteiger partial charge in [0.1, 0.15) is 5.75 Å². The number of carboxylic acids is 1. The van der Waals surface area contributed by atoms with E-state index in [2.05, 4.69) is 0 Å². The lowest BCUT2D eigenvalue weighted by atomic mass is 9.47. The average Bonchev–Trinajstić information content (AvgIpc) is 3.13. The van der Waals surface area contributed by atoms with E-state index in [0.29, 0.717) is 29.2 Å². The summed E-state index contributed by atoms with van der Waals surface area (Å²) < 4.78 is 5.84. The van der Waals surface area contributed by atoms with Gasteiger partial charge in [0, 0.05) is 5.92 Å². The normalized spacial score (nSPS) is 26.1. The second kappa shape index (κ2) is 7.29. The van der Waals surface area contributed by atoms with E-state index in [1.165, 1.54) is 0 Å². The Morgan fingerprint density at radius 1 is 0.912 bits per heavy atom. The van der Waals surface area contributed by atoms with Crippen molar-refractivity contribution in [2.45, 2.75) is 24.7 Å². The van der Waals surface area contributed by atoms with Gasteiger partial charge in [-0.3, -0.25) is 9.59 Å². The lowest BCUT2D eigenvalue weighted by Crippen LogP contribution is -2.61. The number of para-hydroxylation sites is 2. The topological polar surface area (TPSA) is 86.7 Å². The lowest BCUT2D eigenvalue weighted by Gasteiger charge is -2.54. The molecule has 170 valence electrons. The number of carbonyl (C=O) groups is 3. The van der Waals surface area contributed by atoms with E-state index in [9.17, 15) is 19.5 Å². The molecule has 1 heterocycles. The highest BCUT2D eigenvalue weighted by atomic mass is 16.5. The lowest BCUT2D eigenvalue weighted by molar-refractivity contribution is -0.314. The molecule has 7 rings (SSSR count). The maximum Gasteiger partial charge on any atom is 0.239 e. The molecule has 1 saturated heterocycles. The standard InChI is InChI=1S/C28H23NO5/c1-2-15-34-21-14-8-7-13-20(21)29-25(30)23-22-16-9-3-5-11-18(16)28(27(32)33,24(23)26(29)31)19-12-6-4-10-17(19)22/h3-14,22-24H,2,15H2,1H3,(H,32,33)/p-1/t22?,23-,24+,28?/m0/s1. The Bertz CT molecular complexity index is 1310. The van der Waals surface area contributed by atoms with Crippen LogP contribution < -0.4 is 14.7 Å². The Morgan fingerprint density at radius 2 is 1.50 bits per heavy atom. The molecule has 0 N–H and O–H groups in total. The molecule has 0 radical (unpaired) electrons. The predicted molar refractivity (Wildman–Crippen MR) is 122 cm³/mol. The summed E-state index contributed by atoms with van der Waals surface area (Å²) >= 11 is 0. The van der Waals surface area contributed by atoms with Crippen LogP contribution in [0.3, 0.4) is 0 Å². The highest BCUT2D eigenvalue weighted by Crippen LogP contribution is 2.64. The van der Waals surface area contributed by atoms with Crippen molar-refractivity contribution in [1.29, 1.82) is 0 Å². The van der Waals surface area contributed by atoms with E-state index in [1.807, 2.05) is 31.2 Å². The van der Waals surface area contributed by atoms with Crippen LogP contribution in [0.15, 0.2) is 72.8 Å². The van der Waals surface area contributed by atoms with Crippen LogP contribution in [0.2, 0.25) is 0 Å². The molecule has 6 heteroatoms. The van der Waals surface area contributed by atoms with Crippen molar-refractivity contribution in [3.8, 4) is 5.75 Å². The summed E-state index contributed by atoms with van der Waals surface area (Å²) in [6.45, 7) is 2.40. The van der Waals surface area contributed by atoms with Crippen LogP contribution in [0.4, 0.5) is 5.69 Å². The summed E-state index contributed by atoms with van der Waals surface area (Å²) in [6.07, 6.45) is 0.766. The van der Waals surface area contributed by atoms with Gasteiger partial charge in [-0.25, -0.2) is 4.90 Å². The van der Waals surface area contributed by atoms with Gasteiger partial charge in [0.05, 0.1) is 35.5 Å². The molecule has 0 aromatic heterocycles. The van der Waals surface area contributed by atoms with E-state index >= 15 is 0 Å². The summed E-state index contributed by atoms with van der Waals surface area (Å²) in [6, 6.07) is 21.4. The number of imide groups is 1. The highest BCUT2D eigenvalue weighted by molar-refractivity contribution is 6.25. The van der Waals surface area contributed by atoms with E-state index in [1.54, 1.807) is 48.5 Å². The van der Waals surface area contributed by atoms with Gasteiger partial charge in [-0.2, -0.15) is 0 Å². The largest absolute Gasteiger partial charge is 0.549 e. The SMILES string of the molecule is CCCOc1ccccc1N1C(=O)[C@H]2C3c4ccccc4C(C(=O)[O-])(c4ccccc43)[C@H]2C1=O. The second-order valence-corrected chi connectivity index (χ2v) is 9.08. The fraction of sp³-hybridized carbons (Fsp3) is 0.250. The summed E-state index contributed by atoms with van der Waals surface area (Å²) in [4.78, 5) is 42.3. The van der Waals surface area contributed by atoms with Gasteiger partial charge in [0.2, 0.25) is 11.8 Å². The van der Waals surface area contributed by atoms with Crippen molar-refractivity contribution < 1.29 is 24.2 Å². The summed E-state index contributed by atoms with van der Waals surface area (Å²) in [5, 5.41) is 13.1. The smallest absolute Gasteiger partial charge is 0.239 e. The van der Waals surface area contributed by atoms with Crippen molar-refractivity contribution in [3.63, 3.8) is 0 Å². The molecule has 1 aliphatic heterocycles. The molecule has 0 unspecified atom stereocenters. The molecule has 0 spiro atoms. The molecule has 6 nitrogen and oxygen atoms in total. The van der Waals surface area contributed by atoms with Crippen molar-refractivity contribution in [2.75, 3.05) is 11.5 Å². The summed E-state index contributed by atoms with van der Waals surface area (Å²) in [5.74, 6) is -4.21. The fourth-order valence-electron chi connectivity index (χ4n) is 6.33. The molecule has 0 saturated carbocycles. The number of nitrogens with zero attached hydrogens (tertiary/aromatic N) is 1. The Labute approximate surface area is 196 Å². The van der Waals surface area contributed by atoms with Gasteiger partial charge >= 0.3 is 0 Å². The zero-order valence-corrected chi connectivity index (χ0v) is 18.6. The number of anilines is 1. The number of rotatable bonds is 5. The zero-order valence-electron chi connectivity index (χ0n) is 18.6. The van der Waals surface area contributed by atoms with E-state index in [-0.39, 0.29) is 0 Å². The summed E-state index contributed by atoms with van der Waals surface area (Å²) in [5.41, 5.74) is 1.22. The second-order valence-electron chi connectivity index (χ2n) is 9.08. The maximum absolute atomic E-state index is 14.1.